The molecule has 2 amide bonds. The molecule has 25 heavy (non-hydrogen) atoms. The minimum absolute atomic E-state index is 0.211. The van der Waals surface area contributed by atoms with Crippen LogP contribution in [0.2, 0.25) is 0 Å². The molecule has 2 atom stereocenters. The maximum absolute atomic E-state index is 12.4. The first-order valence-electron chi connectivity index (χ1n) is 7.50. The summed E-state index contributed by atoms with van der Waals surface area (Å²) in [5.74, 6) is -2.04. The Kier molecular flexibility index (Phi) is 4.80. The van der Waals surface area contributed by atoms with E-state index in [0.717, 1.165) is 4.90 Å². The van der Waals surface area contributed by atoms with Crippen molar-refractivity contribution in [3.8, 4) is 0 Å². The number of carboxylic acids is 1. The molecule has 2 aliphatic heterocycles. The monoisotopic (exact) mass is 364 g/mol. The second-order valence-corrected chi connectivity index (χ2v) is 6.70. The fourth-order valence-electron chi connectivity index (χ4n) is 2.90. The zero-order chi connectivity index (χ0) is 18.1. The quantitative estimate of drug-likeness (QED) is 0.520. The highest BCUT2D eigenvalue weighted by Gasteiger charge is 2.54. The summed E-state index contributed by atoms with van der Waals surface area (Å²) >= 11 is 1.29. The Bertz CT molecular complexity index is 778. The molecule has 0 unspecified atom stereocenters. The van der Waals surface area contributed by atoms with Crippen LogP contribution in [0.15, 0.2) is 35.5 Å². The highest BCUT2D eigenvalue weighted by Crippen LogP contribution is 2.40. The zero-order valence-electron chi connectivity index (χ0n) is 13.0. The van der Waals surface area contributed by atoms with E-state index in [9.17, 15) is 29.7 Å². The Hall–Kier alpha value is -2.36. The van der Waals surface area contributed by atoms with Gasteiger partial charge in [-0.2, -0.15) is 0 Å². The maximum atomic E-state index is 12.4. The number of hydrogen-bond donors (Lipinski definition) is 4. The lowest BCUT2D eigenvalue weighted by molar-refractivity contribution is -0.148. The number of nitrogens with zero attached hydrogens (tertiary/aromatic N) is 1. The van der Waals surface area contributed by atoms with Crippen LogP contribution in [0.4, 0.5) is 0 Å². The van der Waals surface area contributed by atoms with Gasteiger partial charge in [-0.25, -0.2) is 4.79 Å². The summed E-state index contributed by atoms with van der Waals surface area (Å²) < 4.78 is 0. The second-order valence-electron chi connectivity index (χ2n) is 5.59. The third kappa shape index (κ3) is 2.90. The minimum Gasteiger partial charge on any atom is -0.477 e. The van der Waals surface area contributed by atoms with Crippen molar-refractivity contribution in [1.29, 1.82) is 0 Å². The topological polar surface area (TPSA) is 127 Å². The van der Waals surface area contributed by atoms with Crippen LogP contribution < -0.4 is 5.32 Å². The van der Waals surface area contributed by atoms with Gasteiger partial charge in [0, 0.05) is 11.3 Å². The molecule has 2 aliphatic rings. The first kappa shape index (κ1) is 17.5. The number of thioether (sulfide) groups is 1. The van der Waals surface area contributed by atoms with Crippen molar-refractivity contribution in [1.82, 2.24) is 10.2 Å². The molecule has 1 saturated heterocycles. The lowest BCUT2D eigenvalue weighted by Gasteiger charge is -2.49. The van der Waals surface area contributed by atoms with Gasteiger partial charge in [0.2, 0.25) is 0 Å². The van der Waals surface area contributed by atoms with Gasteiger partial charge >= 0.3 is 5.97 Å². The van der Waals surface area contributed by atoms with Crippen molar-refractivity contribution in [2.24, 2.45) is 0 Å². The van der Waals surface area contributed by atoms with Gasteiger partial charge in [-0.3, -0.25) is 14.5 Å². The Morgan fingerprint density at radius 1 is 1.24 bits per heavy atom. The molecule has 1 aromatic carbocycles. The van der Waals surface area contributed by atoms with Gasteiger partial charge in [0.25, 0.3) is 11.8 Å². The molecule has 3 rings (SSSR count). The molecule has 1 aromatic rings. The molecule has 0 spiro atoms. The van der Waals surface area contributed by atoms with Crippen LogP contribution in [0.5, 0.6) is 0 Å². The number of aliphatic hydroxyl groups is 2. The molecule has 8 nitrogen and oxygen atoms in total. The first-order chi connectivity index (χ1) is 12.0. The molecule has 132 valence electrons. The summed E-state index contributed by atoms with van der Waals surface area (Å²) in [5.41, 5.74) is 0.769. The van der Waals surface area contributed by atoms with Gasteiger partial charge in [0.05, 0.1) is 13.2 Å². The highest BCUT2D eigenvalue weighted by atomic mass is 32.2. The van der Waals surface area contributed by atoms with E-state index in [1.165, 1.54) is 11.8 Å². The summed E-state index contributed by atoms with van der Waals surface area (Å²) in [4.78, 5) is 37.3. The normalized spacial score (nSPS) is 22.3. The number of carboxylic acid groups (broad SMARTS) is 1. The number of fused-ring (bicyclic) bond motifs is 1. The summed E-state index contributed by atoms with van der Waals surface area (Å²) in [5, 5.41) is 30.0. The molecular weight excluding hydrogens is 348 g/mol. The minimum atomic E-state index is -1.28. The van der Waals surface area contributed by atoms with Gasteiger partial charge in [0.1, 0.15) is 17.1 Å². The molecule has 0 bridgehead atoms. The smallest absolute Gasteiger partial charge is 0.352 e. The van der Waals surface area contributed by atoms with Gasteiger partial charge < -0.3 is 20.6 Å². The molecule has 9 heteroatoms. The first-order valence-corrected chi connectivity index (χ1v) is 8.55. The van der Waals surface area contributed by atoms with Crippen LogP contribution in [0, 0.1) is 0 Å². The number of nitrogens with one attached hydrogen (secondary N) is 1. The van der Waals surface area contributed by atoms with Crippen molar-refractivity contribution in [3.63, 3.8) is 0 Å². The third-order valence-corrected chi connectivity index (χ3v) is 5.50. The number of carbonyl (C=O) groups is 3. The van der Waals surface area contributed by atoms with E-state index in [1.54, 1.807) is 24.3 Å². The SMILES string of the molecule is O=C(O)C1=C(CO)CS[C@@H]2[C@@H](NC(=O)c3ccccc3CO)C(=O)N12. The highest BCUT2D eigenvalue weighted by molar-refractivity contribution is 8.00. The number of amides is 2. The lowest BCUT2D eigenvalue weighted by Crippen LogP contribution is -2.70. The fourth-order valence-corrected chi connectivity index (χ4v) is 4.24. The standard InChI is InChI=1S/C16H16N2O6S/c19-5-8-3-1-2-4-10(8)13(21)17-11-14(22)18-12(16(23)24)9(6-20)7-25-15(11)18/h1-4,11,15,19-20H,5-7H2,(H,17,21)(H,23,24)/t11-,15+/m0/s1. The van der Waals surface area contributed by atoms with E-state index < -0.39 is 35.8 Å². The van der Waals surface area contributed by atoms with Crippen LogP contribution in [0.1, 0.15) is 15.9 Å². The Morgan fingerprint density at radius 2 is 1.96 bits per heavy atom. The number of rotatable bonds is 5. The number of benzene rings is 1. The molecule has 2 heterocycles. The van der Waals surface area contributed by atoms with Crippen molar-refractivity contribution in [2.45, 2.75) is 18.0 Å². The van der Waals surface area contributed by atoms with E-state index in [2.05, 4.69) is 5.32 Å². The van der Waals surface area contributed by atoms with Gasteiger partial charge in [-0.15, -0.1) is 11.8 Å². The Labute approximate surface area is 147 Å². The van der Waals surface area contributed by atoms with E-state index in [-0.39, 0.29) is 29.2 Å². The average molecular weight is 364 g/mol. The van der Waals surface area contributed by atoms with Crippen molar-refractivity contribution >= 4 is 29.5 Å². The van der Waals surface area contributed by atoms with Crippen LogP contribution in [0.25, 0.3) is 0 Å². The molecule has 0 saturated carbocycles. The van der Waals surface area contributed by atoms with Crippen LogP contribution in [0.3, 0.4) is 0 Å². The third-order valence-electron chi connectivity index (χ3n) is 4.16. The van der Waals surface area contributed by atoms with Crippen molar-refractivity contribution < 1.29 is 29.7 Å². The molecular formula is C16H16N2O6S. The summed E-state index contributed by atoms with van der Waals surface area (Å²) in [6, 6.07) is 5.65. The van der Waals surface area contributed by atoms with E-state index in [1.807, 2.05) is 0 Å². The Morgan fingerprint density at radius 3 is 2.60 bits per heavy atom. The number of carbonyl (C=O) groups excluding carboxylic acids is 2. The molecule has 1 fully saturated rings. The predicted molar refractivity (Wildman–Crippen MR) is 88.5 cm³/mol. The lowest BCUT2D eigenvalue weighted by atomic mass is 10.0. The average Bonchev–Trinajstić information content (AvgIpc) is 2.64. The fraction of sp³-hybridized carbons (Fsp3) is 0.312. The molecule has 0 aliphatic carbocycles. The van der Waals surface area contributed by atoms with Crippen LogP contribution in [-0.4, -0.2) is 61.8 Å². The molecule has 0 aromatic heterocycles. The maximum Gasteiger partial charge on any atom is 0.352 e. The number of hydrogen-bond acceptors (Lipinski definition) is 6. The van der Waals surface area contributed by atoms with E-state index >= 15 is 0 Å². The number of β-lactam (4-membered cyclic amide) rings is 1. The molecule has 0 radical (unpaired) electrons. The zero-order valence-corrected chi connectivity index (χ0v) is 13.8. The Balaban J connectivity index is 1.79. The number of aliphatic hydroxyl groups excluding tert-OH is 2. The molecule has 4 N–H and O–H groups in total. The van der Waals surface area contributed by atoms with Crippen molar-refractivity contribution in [3.05, 3.63) is 46.7 Å². The predicted octanol–water partition coefficient (Wildman–Crippen LogP) is -0.477. The van der Waals surface area contributed by atoms with Crippen molar-refractivity contribution in [2.75, 3.05) is 12.4 Å². The summed E-state index contributed by atoms with van der Waals surface area (Å²) in [6.45, 7) is -0.746. The second kappa shape index (κ2) is 6.87. The van der Waals surface area contributed by atoms with E-state index in [0.29, 0.717) is 5.56 Å². The number of aliphatic carboxylic acids is 1. The van der Waals surface area contributed by atoms with E-state index in [4.69, 9.17) is 0 Å². The van der Waals surface area contributed by atoms with Gasteiger partial charge in [-0.05, 0) is 17.2 Å². The van der Waals surface area contributed by atoms with Gasteiger partial charge in [0.15, 0.2) is 0 Å². The summed E-state index contributed by atoms with van der Waals surface area (Å²) in [7, 11) is 0. The van der Waals surface area contributed by atoms with Crippen LogP contribution in [-0.2, 0) is 16.2 Å². The largest absolute Gasteiger partial charge is 0.477 e. The van der Waals surface area contributed by atoms with Crippen LogP contribution >= 0.6 is 11.8 Å². The summed E-state index contributed by atoms with van der Waals surface area (Å²) in [6.07, 6.45) is 0. The van der Waals surface area contributed by atoms with Gasteiger partial charge in [-0.1, -0.05) is 18.2 Å².